The second-order valence-corrected chi connectivity index (χ2v) is 4.98. The lowest BCUT2D eigenvalue weighted by Gasteiger charge is -2.19. The molecule has 0 saturated carbocycles. The Kier molecular flexibility index (Phi) is 5.72. The number of hydrogen-bond acceptors (Lipinski definition) is 3. The average Bonchev–Trinajstić information content (AvgIpc) is 2.24. The predicted octanol–water partition coefficient (Wildman–Crippen LogP) is 3.03. The fraction of sp³-hybridized carbons (Fsp3) is 0.455. The first-order valence-electron chi connectivity index (χ1n) is 5.08. The topological polar surface area (TPSA) is 47.3 Å². The highest BCUT2D eigenvalue weighted by molar-refractivity contribution is 9.10. The maximum Gasteiger partial charge on any atom is 0.0708 e. The molecule has 1 atom stereocenters. The van der Waals surface area contributed by atoms with Crippen molar-refractivity contribution < 1.29 is 4.74 Å². The first kappa shape index (κ1) is 13.9. The minimum Gasteiger partial charge on any atom is -0.377 e. The van der Waals surface area contributed by atoms with Crippen molar-refractivity contribution in [2.24, 2.45) is 5.84 Å². The van der Waals surface area contributed by atoms with Gasteiger partial charge in [0.1, 0.15) is 0 Å². The summed E-state index contributed by atoms with van der Waals surface area (Å²) in [6, 6.07) is 5.64. The molecular weight excluding hydrogens is 291 g/mol. The number of halogens is 2. The Labute approximate surface area is 109 Å². The number of nitrogens with two attached hydrogens (primary N) is 1. The van der Waals surface area contributed by atoms with Gasteiger partial charge in [0, 0.05) is 4.47 Å². The van der Waals surface area contributed by atoms with Gasteiger partial charge in [0.25, 0.3) is 0 Å². The summed E-state index contributed by atoms with van der Waals surface area (Å²) in [5.41, 5.74) is 3.64. The number of ether oxygens (including phenoxy) is 1. The van der Waals surface area contributed by atoms with Crippen LogP contribution in [-0.4, -0.2) is 12.7 Å². The summed E-state index contributed by atoms with van der Waals surface area (Å²) in [4.78, 5) is 0. The predicted molar refractivity (Wildman–Crippen MR) is 70.3 cm³/mol. The van der Waals surface area contributed by atoms with E-state index in [1.807, 2.05) is 32.0 Å². The highest BCUT2D eigenvalue weighted by Crippen LogP contribution is 2.30. The van der Waals surface area contributed by atoms with E-state index in [9.17, 15) is 0 Å². The van der Waals surface area contributed by atoms with Crippen LogP contribution in [-0.2, 0) is 4.74 Å². The van der Waals surface area contributed by atoms with E-state index >= 15 is 0 Å². The number of hydrogen-bond donors (Lipinski definition) is 2. The van der Waals surface area contributed by atoms with E-state index < -0.39 is 0 Å². The van der Waals surface area contributed by atoms with Crippen molar-refractivity contribution in [2.45, 2.75) is 26.0 Å². The molecule has 0 aromatic heterocycles. The third-order valence-electron chi connectivity index (χ3n) is 2.15. The Bertz CT molecular complexity index is 347. The lowest BCUT2D eigenvalue weighted by molar-refractivity contribution is 0.0611. The highest BCUT2D eigenvalue weighted by atomic mass is 79.9. The van der Waals surface area contributed by atoms with Crippen LogP contribution in [0.4, 0.5) is 0 Å². The van der Waals surface area contributed by atoms with Gasteiger partial charge in [0.05, 0.1) is 23.8 Å². The van der Waals surface area contributed by atoms with Crippen molar-refractivity contribution in [3.8, 4) is 0 Å². The molecule has 90 valence electrons. The summed E-state index contributed by atoms with van der Waals surface area (Å²) in [6.45, 7) is 4.45. The van der Waals surface area contributed by atoms with Crippen molar-refractivity contribution >= 4 is 27.5 Å². The third kappa shape index (κ3) is 3.71. The molecule has 1 aromatic carbocycles. The van der Waals surface area contributed by atoms with Crippen LogP contribution in [0.25, 0.3) is 0 Å². The van der Waals surface area contributed by atoms with Crippen molar-refractivity contribution in [1.29, 1.82) is 0 Å². The minimum absolute atomic E-state index is 0.104. The second-order valence-electron chi connectivity index (χ2n) is 3.74. The maximum atomic E-state index is 6.18. The zero-order valence-corrected chi connectivity index (χ0v) is 11.7. The molecule has 1 unspecified atom stereocenters. The van der Waals surface area contributed by atoms with Gasteiger partial charge in [0.2, 0.25) is 0 Å². The molecule has 0 aliphatic carbocycles. The summed E-state index contributed by atoms with van der Waals surface area (Å²) >= 11 is 9.57. The Hall–Kier alpha value is -0.130. The monoisotopic (exact) mass is 306 g/mol. The average molecular weight is 308 g/mol. The lowest BCUT2D eigenvalue weighted by Crippen LogP contribution is -2.32. The van der Waals surface area contributed by atoms with Gasteiger partial charge in [-0.25, -0.2) is 0 Å². The number of rotatable bonds is 5. The third-order valence-corrected chi connectivity index (χ3v) is 3.47. The summed E-state index contributed by atoms with van der Waals surface area (Å²) < 4.78 is 6.39. The van der Waals surface area contributed by atoms with Crippen LogP contribution in [0.15, 0.2) is 22.7 Å². The van der Waals surface area contributed by atoms with Crippen LogP contribution in [0.5, 0.6) is 0 Å². The molecule has 0 fully saturated rings. The van der Waals surface area contributed by atoms with Gasteiger partial charge >= 0.3 is 0 Å². The molecule has 0 saturated heterocycles. The normalized spacial score (nSPS) is 13.1. The molecule has 3 nitrogen and oxygen atoms in total. The van der Waals surface area contributed by atoms with Crippen molar-refractivity contribution in [3.63, 3.8) is 0 Å². The molecule has 0 spiro atoms. The molecule has 3 N–H and O–H groups in total. The molecule has 0 bridgehead atoms. The van der Waals surface area contributed by atoms with Crippen LogP contribution >= 0.6 is 27.5 Å². The Balaban J connectivity index is 2.82. The number of hydrazine groups is 1. The standard InChI is InChI=1S/C11H16BrClN2O/c1-7(2)16-6-10(15-14)8-4-3-5-9(12)11(8)13/h3-5,7,10,15H,6,14H2,1-2H3. The van der Waals surface area contributed by atoms with Crippen LogP contribution < -0.4 is 11.3 Å². The van der Waals surface area contributed by atoms with Crippen LogP contribution in [0.1, 0.15) is 25.5 Å². The van der Waals surface area contributed by atoms with E-state index in [0.29, 0.717) is 11.6 Å². The largest absolute Gasteiger partial charge is 0.377 e. The van der Waals surface area contributed by atoms with E-state index in [0.717, 1.165) is 10.0 Å². The summed E-state index contributed by atoms with van der Waals surface area (Å²) in [5.74, 6) is 5.51. The quantitative estimate of drug-likeness (QED) is 0.649. The van der Waals surface area contributed by atoms with E-state index in [-0.39, 0.29) is 12.1 Å². The molecule has 0 radical (unpaired) electrons. The van der Waals surface area contributed by atoms with Crippen molar-refractivity contribution in [2.75, 3.05) is 6.61 Å². The molecule has 16 heavy (non-hydrogen) atoms. The van der Waals surface area contributed by atoms with E-state index in [4.69, 9.17) is 22.2 Å². The van der Waals surface area contributed by atoms with Gasteiger partial charge in [-0.1, -0.05) is 23.7 Å². The summed E-state index contributed by atoms with van der Waals surface area (Å²) in [6.07, 6.45) is 0.168. The number of nitrogens with one attached hydrogen (secondary N) is 1. The fourth-order valence-corrected chi connectivity index (χ4v) is 1.95. The molecule has 0 amide bonds. The zero-order chi connectivity index (χ0) is 12.1. The SMILES string of the molecule is CC(C)OCC(NN)c1cccc(Br)c1Cl. The lowest BCUT2D eigenvalue weighted by atomic mass is 10.1. The van der Waals surface area contributed by atoms with Gasteiger partial charge < -0.3 is 4.74 Å². The Morgan fingerprint density at radius 1 is 1.50 bits per heavy atom. The smallest absolute Gasteiger partial charge is 0.0708 e. The van der Waals surface area contributed by atoms with Crippen LogP contribution in [0.2, 0.25) is 5.02 Å². The molecule has 1 aromatic rings. The molecule has 0 aliphatic rings. The summed E-state index contributed by atoms with van der Waals surface area (Å²) in [7, 11) is 0. The minimum atomic E-state index is -0.104. The maximum absolute atomic E-state index is 6.18. The van der Waals surface area contributed by atoms with E-state index in [2.05, 4.69) is 21.4 Å². The molecular formula is C11H16BrClN2O. The van der Waals surface area contributed by atoms with Crippen LogP contribution in [0, 0.1) is 0 Å². The van der Waals surface area contributed by atoms with Gasteiger partial charge in [-0.2, -0.15) is 0 Å². The molecule has 0 aliphatic heterocycles. The molecule has 5 heteroatoms. The first-order valence-corrected chi connectivity index (χ1v) is 6.25. The van der Waals surface area contributed by atoms with Gasteiger partial charge in [0.15, 0.2) is 0 Å². The Morgan fingerprint density at radius 2 is 2.19 bits per heavy atom. The first-order chi connectivity index (χ1) is 7.56. The Morgan fingerprint density at radius 3 is 2.75 bits per heavy atom. The van der Waals surface area contributed by atoms with Gasteiger partial charge in [-0.05, 0) is 41.4 Å². The highest BCUT2D eigenvalue weighted by Gasteiger charge is 2.15. The molecule has 1 rings (SSSR count). The summed E-state index contributed by atoms with van der Waals surface area (Å²) in [5, 5.41) is 0.665. The van der Waals surface area contributed by atoms with Crippen LogP contribution in [0.3, 0.4) is 0 Å². The molecule has 0 heterocycles. The second kappa shape index (κ2) is 6.57. The van der Waals surface area contributed by atoms with Crippen molar-refractivity contribution in [3.05, 3.63) is 33.3 Å². The fourth-order valence-electron chi connectivity index (χ4n) is 1.31. The van der Waals surface area contributed by atoms with Crippen molar-refractivity contribution in [1.82, 2.24) is 5.43 Å². The van der Waals surface area contributed by atoms with E-state index in [1.165, 1.54) is 0 Å². The van der Waals surface area contributed by atoms with Gasteiger partial charge in [-0.15, -0.1) is 0 Å². The van der Waals surface area contributed by atoms with Gasteiger partial charge in [-0.3, -0.25) is 11.3 Å². The zero-order valence-electron chi connectivity index (χ0n) is 9.34. The van der Waals surface area contributed by atoms with E-state index in [1.54, 1.807) is 0 Å². The number of benzene rings is 1.